The van der Waals surface area contributed by atoms with Crippen LogP contribution in [0.5, 0.6) is 0 Å². The highest BCUT2D eigenvalue weighted by atomic mass is 15.1. The maximum Gasteiger partial charge on any atom is 0.0363 e. The Morgan fingerprint density at radius 2 is 1.44 bits per heavy atom. The minimum atomic E-state index is 0.336. The van der Waals surface area contributed by atoms with Gasteiger partial charge in [-0.3, -0.25) is 0 Å². The maximum absolute atomic E-state index is 6.30. The molecule has 0 aromatic rings. The molecule has 0 spiro atoms. The molecule has 18 heavy (non-hydrogen) atoms. The van der Waals surface area contributed by atoms with Gasteiger partial charge in [-0.1, -0.05) is 12.8 Å². The Morgan fingerprint density at radius 3 is 1.94 bits per heavy atom. The highest BCUT2D eigenvalue weighted by molar-refractivity contribution is 5.12. The zero-order chi connectivity index (χ0) is 12.2. The number of rotatable bonds is 3. The van der Waals surface area contributed by atoms with Crippen LogP contribution < -0.4 is 11.1 Å². The lowest BCUT2D eigenvalue weighted by Crippen LogP contribution is -2.69. The second kappa shape index (κ2) is 4.21. The fourth-order valence-electron chi connectivity index (χ4n) is 6.10. The van der Waals surface area contributed by atoms with Crippen LogP contribution in [0, 0.1) is 23.7 Å². The predicted molar refractivity (Wildman–Crippen MR) is 74.2 cm³/mol. The molecule has 4 bridgehead atoms. The van der Waals surface area contributed by atoms with E-state index in [0.717, 1.165) is 36.3 Å². The highest BCUT2D eigenvalue weighted by Crippen LogP contribution is 2.58. The molecule has 0 saturated heterocycles. The van der Waals surface area contributed by atoms with Crippen molar-refractivity contribution in [2.75, 3.05) is 6.54 Å². The van der Waals surface area contributed by atoms with Gasteiger partial charge in [0.1, 0.15) is 0 Å². The number of hydrogen-bond donors (Lipinski definition) is 2. The zero-order valence-corrected chi connectivity index (χ0v) is 11.5. The van der Waals surface area contributed by atoms with Crippen LogP contribution in [-0.4, -0.2) is 18.1 Å². The Morgan fingerprint density at radius 1 is 0.889 bits per heavy atom. The predicted octanol–water partition coefficient (Wildman–Crippen LogP) is 2.67. The molecule has 0 aromatic heterocycles. The van der Waals surface area contributed by atoms with Crippen molar-refractivity contribution in [2.45, 2.75) is 69.4 Å². The topological polar surface area (TPSA) is 38.0 Å². The molecule has 5 aliphatic carbocycles. The van der Waals surface area contributed by atoms with E-state index in [4.69, 9.17) is 5.73 Å². The molecule has 0 amide bonds. The molecule has 0 atom stereocenters. The first-order valence-electron chi connectivity index (χ1n) is 8.28. The van der Waals surface area contributed by atoms with Crippen LogP contribution >= 0.6 is 0 Å². The van der Waals surface area contributed by atoms with Crippen molar-refractivity contribution in [3.63, 3.8) is 0 Å². The van der Waals surface area contributed by atoms with E-state index in [0.29, 0.717) is 5.54 Å². The fourth-order valence-corrected chi connectivity index (χ4v) is 6.10. The lowest BCUT2D eigenvalue weighted by molar-refractivity contribution is -0.0737. The molecule has 5 aliphatic rings. The third kappa shape index (κ3) is 1.61. The Labute approximate surface area is 111 Å². The summed E-state index contributed by atoms with van der Waals surface area (Å²) in [5.74, 6) is 3.91. The SMILES string of the molecule is NCC1(NC2CCCC2)C2CC3CC(C2)CC1C3. The second-order valence-corrected chi connectivity index (χ2v) is 7.67. The summed E-state index contributed by atoms with van der Waals surface area (Å²) in [5.41, 5.74) is 6.64. The van der Waals surface area contributed by atoms with Gasteiger partial charge in [0.15, 0.2) is 0 Å². The highest BCUT2D eigenvalue weighted by Gasteiger charge is 2.56. The molecule has 5 fully saturated rings. The van der Waals surface area contributed by atoms with E-state index < -0.39 is 0 Å². The molecular weight excluding hydrogens is 220 g/mol. The summed E-state index contributed by atoms with van der Waals surface area (Å²) in [6, 6.07) is 0.783. The Hall–Kier alpha value is -0.0800. The van der Waals surface area contributed by atoms with Crippen molar-refractivity contribution >= 4 is 0 Å². The average Bonchev–Trinajstić information content (AvgIpc) is 2.86. The monoisotopic (exact) mass is 248 g/mol. The Balaban J connectivity index is 1.59. The molecule has 0 unspecified atom stereocenters. The lowest BCUT2D eigenvalue weighted by atomic mass is 9.48. The van der Waals surface area contributed by atoms with Gasteiger partial charge >= 0.3 is 0 Å². The van der Waals surface area contributed by atoms with Gasteiger partial charge in [-0.25, -0.2) is 0 Å². The van der Waals surface area contributed by atoms with Crippen LogP contribution in [0.2, 0.25) is 0 Å². The standard InChI is InChI=1S/C16H28N2/c17-10-16(18-15-3-1-2-4-15)13-6-11-5-12(8-13)9-14(16)7-11/h11-15,18H,1-10,17H2. The van der Waals surface area contributed by atoms with E-state index in [1.807, 2.05) is 0 Å². The maximum atomic E-state index is 6.30. The van der Waals surface area contributed by atoms with Gasteiger partial charge < -0.3 is 11.1 Å². The van der Waals surface area contributed by atoms with Crippen molar-refractivity contribution in [3.8, 4) is 0 Å². The average molecular weight is 248 g/mol. The molecule has 2 heteroatoms. The Bertz CT molecular complexity index is 291. The van der Waals surface area contributed by atoms with Gasteiger partial charge in [-0.05, 0) is 68.6 Å². The third-order valence-corrected chi connectivity index (χ3v) is 6.76. The number of nitrogens with one attached hydrogen (secondary N) is 1. The molecule has 0 heterocycles. The molecule has 102 valence electrons. The summed E-state index contributed by atoms with van der Waals surface area (Å²) in [6.07, 6.45) is 13.1. The fraction of sp³-hybridized carbons (Fsp3) is 1.00. The molecule has 3 N–H and O–H groups in total. The molecule has 0 aliphatic heterocycles. The number of hydrogen-bond acceptors (Lipinski definition) is 2. The van der Waals surface area contributed by atoms with Gasteiger partial charge in [0.2, 0.25) is 0 Å². The lowest BCUT2D eigenvalue weighted by Gasteiger charge is -2.62. The summed E-state index contributed by atoms with van der Waals surface area (Å²) in [4.78, 5) is 0. The largest absolute Gasteiger partial charge is 0.329 e. The van der Waals surface area contributed by atoms with Crippen LogP contribution in [0.3, 0.4) is 0 Å². The summed E-state index contributed by atoms with van der Waals surface area (Å²) >= 11 is 0. The summed E-state index contributed by atoms with van der Waals surface area (Å²) in [7, 11) is 0. The van der Waals surface area contributed by atoms with Crippen LogP contribution in [0.1, 0.15) is 57.8 Å². The third-order valence-electron chi connectivity index (χ3n) is 6.76. The quantitative estimate of drug-likeness (QED) is 0.806. The van der Waals surface area contributed by atoms with Crippen molar-refractivity contribution in [2.24, 2.45) is 29.4 Å². The van der Waals surface area contributed by atoms with Crippen molar-refractivity contribution < 1.29 is 0 Å². The van der Waals surface area contributed by atoms with Gasteiger partial charge in [-0.2, -0.15) is 0 Å². The smallest absolute Gasteiger partial charge is 0.0363 e. The molecule has 0 aromatic carbocycles. The van der Waals surface area contributed by atoms with E-state index in [9.17, 15) is 0 Å². The molecular formula is C16H28N2. The van der Waals surface area contributed by atoms with Crippen molar-refractivity contribution in [1.29, 1.82) is 0 Å². The molecule has 5 rings (SSSR count). The molecule has 0 radical (unpaired) electrons. The zero-order valence-electron chi connectivity index (χ0n) is 11.5. The first kappa shape index (κ1) is 11.7. The molecule has 5 saturated carbocycles. The summed E-state index contributed by atoms with van der Waals surface area (Å²) < 4.78 is 0. The van der Waals surface area contributed by atoms with Gasteiger partial charge in [0.05, 0.1) is 0 Å². The van der Waals surface area contributed by atoms with Crippen LogP contribution in [0.4, 0.5) is 0 Å². The van der Waals surface area contributed by atoms with E-state index in [2.05, 4.69) is 5.32 Å². The van der Waals surface area contributed by atoms with Gasteiger partial charge in [-0.15, -0.1) is 0 Å². The number of nitrogens with two attached hydrogens (primary N) is 1. The second-order valence-electron chi connectivity index (χ2n) is 7.67. The van der Waals surface area contributed by atoms with E-state index in [1.165, 1.54) is 57.8 Å². The van der Waals surface area contributed by atoms with Crippen LogP contribution in [0.25, 0.3) is 0 Å². The molecule has 2 nitrogen and oxygen atoms in total. The van der Waals surface area contributed by atoms with Crippen molar-refractivity contribution in [1.82, 2.24) is 5.32 Å². The van der Waals surface area contributed by atoms with E-state index >= 15 is 0 Å². The Kier molecular flexibility index (Phi) is 2.74. The van der Waals surface area contributed by atoms with E-state index in [-0.39, 0.29) is 0 Å². The summed E-state index contributed by atoms with van der Waals surface area (Å²) in [5, 5.41) is 4.10. The van der Waals surface area contributed by atoms with Crippen LogP contribution in [-0.2, 0) is 0 Å². The summed E-state index contributed by atoms with van der Waals surface area (Å²) in [6.45, 7) is 0.887. The van der Waals surface area contributed by atoms with Gasteiger partial charge in [0.25, 0.3) is 0 Å². The first-order valence-corrected chi connectivity index (χ1v) is 8.28. The normalized spacial score (nSPS) is 51.2. The first-order chi connectivity index (χ1) is 8.80. The minimum absolute atomic E-state index is 0.336. The minimum Gasteiger partial charge on any atom is -0.329 e. The van der Waals surface area contributed by atoms with E-state index in [1.54, 1.807) is 0 Å². The van der Waals surface area contributed by atoms with Crippen molar-refractivity contribution in [3.05, 3.63) is 0 Å². The van der Waals surface area contributed by atoms with Crippen LogP contribution in [0.15, 0.2) is 0 Å². The van der Waals surface area contributed by atoms with Gasteiger partial charge in [0, 0.05) is 18.1 Å².